The first-order valence-corrected chi connectivity index (χ1v) is 9.57. The van der Waals surface area contributed by atoms with Gasteiger partial charge in [0.15, 0.2) is 5.82 Å². The van der Waals surface area contributed by atoms with Crippen LogP contribution in [0.25, 0.3) is 0 Å². The highest BCUT2D eigenvalue weighted by Crippen LogP contribution is 2.38. The van der Waals surface area contributed by atoms with Crippen LogP contribution >= 0.6 is 0 Å². The molecule has 0 aliphatic carbocycles. The lowest BCUT2D eigenvalue weighted by molar-refractivity contribution is -0.117. The van der Waals surface area contributed by atoms with E-state index in [9.17, 15) is 23.1 Å². The number of ether oxygens (including phenoxy) is 1. The van der Waals surface area contributed by atoms with Crippen LogP contribution in [-0.4, -0.2) is 63.7 Å². The van der Waals surface area contributed by atoms with Crippen molar-refractivity contribution in [2.45, 2.75) is 13.0 Å². The molecule has 0 radical (unpaired) electrons. The van der Waals surface area contributed by atoms with Gasteiger partial charge < -0.3 is 20.1 Å². The number of amides is 3. The third kappa shape index (κ3) is 3.62. The first-order valence-electron chi connectivity index (χ1n) is 8.13. The van der Waals surface area contributed by atoms with Crippen LogP contribution in [0, 0.1) is 5.82 Å². The smallest absolute Gasteiger partial charge is 0.326 e. The number of rotatable bonds is 4. The molecule has 1 saturated heterocycles. The molecule has 1 aromatic carbocycles. The maximum Gasteiger partial charge on any atom is 0.326 e. The fourth-order valence-corrected chi connectivity index (χ4v) is 4.23. The van der Waals surface area contributed by atoms with E-state index in [0.29, 0.717) is 36.0 Å². The van der Waals surface area contributed by atoms with Gasteiger partial charge in [0.1, 0.15) is 18.0 Å². The van der Waals surface area contributed by atoms with Gasteiger partial charge in [0.05, 0.1) is 13.2 Å². The average Bonchev–Trinajstić information content (AvgIpc) is 2.87. The molecule has 12 heteroatoms. The van der Waals surface area contributed by atoms with Crippen molar-refractivity contribution in [3.8, 4) is 5.75 Å². The molecule has 0 spiro atoms. The number of hydrogen-bond donors (Lipinski definition) is 3. The van der Waals surface area contributed by atoms with E-state index < -0.39 is 45.9 Å². The number of fused-ring (bicyclic) bond motifs is 1. The topological polar surface area (TPSA) is 128 Å². The summed E-state index contributed by atoms with van der Waals surface area (Å²) in [5, 5.41) is 12.8. The Morgan fingerprint density at radius 3 is 2.81 bits per heavy atom. The summed E-state index contributed by atoms with van der Waals surface area (Å²) in [6, 6.07) is 0.865. The predicted octanol–water partition coefficient (Wildman–Crippen LogP) is -0.574. The highest BCUT2D eigenvalue weighted by atomic mass is 32.2. The summed E-state index contributed by atoms with van der Waals surface area (Å²) in [6.07, 6.45) is 0.293. The quantitative estimate of drug-likeness (QED) is 0.579. The van der Waals surface area contributed by atoms with Crippen molar-refractivity contribution in [1.82, 2.24) is 14.9 Å². The maximum absolute atomic E-state index is 15.1. The zero-order chi connectivity index (χ0) is 19.8. The minimum absolute atomic E-state index is 0.0947. The van der Waals surface area contributed by atoms with Gasteiger partial charge in [-0.2, -0.15) is 8.42 Å². The minimum atomic E-state index is -4.28. The van der Waals surface area contributed by atoms with Crippen molar-refractivity contribution in [3.63, 3.8) is 0 Å². The highest BCUT2D eigenvalue weighted by Gasteiger charge is 2.39. The lowest BCUT2D eigenvalue weighted by Crippen LogP contribution is -2.44. The summed E-state index contributed by atoms with van der Waals surface area (Å²) in [5.74, 6) is -2.38. The van der Waals surface area contributed by atoms with Gasteiger partial charge in [-0.25, -0.2) is 18.2 Å². The lowest BCUT2D eigenvalue weighted by atomic mass is 9.97. The SMILES string of the molecule is COCCNC(=O)N1CCc2cc(O)c(N3CC(=O)NS3(=O)=O)c(F)c2C1. The third-order valence-electron chi connectivity index (χ3n) is 4.35. The standard InChI is InChI=1S/C15H19FN4O6S/c1-26-5-3-17-15(23)19-4-2-9-6-11(21)14(13(16)10(9)7-19)20-8-12(22)18-27(20,24)25/h6,21H,2-5,7-8H2,1H3,(H,17,23)(H,18,22). The summed E-state index contributed by atoms with van der Waals surface area (Å²) in [4.78, 5) is 25.0. The molecule has 2 aliphatic rings. The predicted molar refractivity (Wildman–Crippen MR) is 91.9 cm³/mol. The first kappa shape index (κ1) is 19.2. The number of anilines is 1. The number of carbonyl (C=O) groups is 2. The lowest BCUT2D eigenvalue weighted by Gasteiger charge is -2.30. The van der Waals surface area contributed by atoms with Gasteiger partial charge in [0.2, 0.25) is 0 Å². The molecule has 1 aromatic rings. The summed E-state index contributed by atoms with van der Waals surface area (Å²) in [5.41, 5.74) is -0.0233. The molecule has 0 atom stereocenters. The Morgan fingerprint density at radius 2 is 2.19 bits per heavy atom. The Hall–Kier alpha value is -2.60. The zero-order valence-corrected chi connectivity index (χ0v) is 15.3. The molecule has 3 amide bonds. The van der Waals surface area contributed by atoms with Crippen LogP contribution in [0.1, 0.15) is 11.1 Å². The number of urea groups is 1. The van der Waals surface area contributed by atoms with E-state index in [1.807, 2.05) is 0 Å². The molecular weight excluding hydrogens is 383 g/mol. The summed E-state index contributed by atoms with van der Waals surface area (Å²) in [6.45, 7) is 0.208. The van der Waals surface area contributed by atoms with Crippen LogP contribution in [0.2, 0.25) is 0 Å². The van der Waals surface area contributed by atoms with Crippen molar-refractivity contribution in [1.29, 1.82) is 0 Å². The number of nitrogens with zero attached hydrogens (tertiary/aromatic N) is 2. The van der Waals surface area contributed by atoms with Crippen LogP contribution in [0.5, 0.6) is 5.75 Å². The van der Waals surface area contributed by atoms with Gasteiger partial charge in [-0.15, -0.1) is 0 Å². The Balaban J connectivity index is 1.90. The van der Waals surface area contributed by atoms with Crippen LogP contribution in [0.3, 0.4) is 0 Å². The summed E-state index contributed by atoms with van der Waals surface area (Å²) >= 11 is 0. The number of halogens is 1. The fourth-order valence-electron chi connectivity index (χ4n) is 3.06. The van der Waals surface area contributed by atoms with Crippen LogP contribution < -0.4 is 14.3 Å². The van der Waals surface area contributed by atoms with Gasteiger partial charge in [-0.1, -0.05) is 0 Å². The van der Waals surface area contributed by atoms with E-state index in [0.717, 1.165) is 0 Å². The zero-order valence-electron chi connectivity index (χ0n) is 14.5. The number of carbonyl (C=O) groups excluding carboxylic acids is 2. The van der Waals surface area contributed by atoms with Crippen LogP contribution in [0.4, 0.5) is 14.9 Å². The Morgan fingerprint density at radius 1 is 1.44 bits per heavy atom. The van der Waals surface area contributed by atoms with Crippen LogP contribution in [-0.2, 0) is 32.7 Å². The van der Waals surface area contributed by atoms with Gasteiger partial charge in [0, 0.05) is 25.8 Å². The van der Waals surface area contributed by atoms with Crippen LogP contribution in [0.15, 0.2) is 6.07 Å². The van der Waals surface area contributed by atoms with Gasteiger partial charge in [-0.3, -0.25) is 4.79 Å². The normalized spacial score (nSPS) is 18.2. The highest BCUT2D eigenvalue weighted by molar-refractivity contribution is 7.92. The molecule has 0 saturated carbocycles. The molecule has 0 bridgehead atoms. The first-order chi connectivity index (χ1) is 12.7. The largest absolute Gasteiger partial charge is 0.506 e. The van der Waals surface area contributed by atoms with Gasteiger partial charge in [-0.05, 0) is 18.1 Å². The molecule has 2 heterocycles. The van der Waals surface area contributed by atoms with E-state index in [1.165, 1.54) is 18.1 Å². The Kier molecular flexibility index (Phi) is 5.11. The van der Waals surface area contributed by atoms with Crippen molar-refractivity contribution in [2.75, 3.05) is 37.7 Å². The van der Waals surface area contributed by atoms with E-state index >= 15 is 4.39 Å². The number of methoxy groups -OCH3 is 1. The number of benzene rings is 1. The van der Waals surface area contributed by atoms with Crippen molar-refractivity contribution >= 4 is 27.8 Å². The van der Waals surface area contributed by atoms with E-state index in [4.69, 9.17) is 4.74 Å². The molecule has 27 heavy (non-hydrogen) atoms. The Bertz CT molecular complexity index is 891. The third-order valence-corrected chi connectivity index (χ3v) is 5.73. The molecular formula is C15H19FN4O6S. The second kappa shape index (κ2) is 7.19. The molecule has 3 N–H and O–H groups in total. The molecule has 148 valence electrons. The van der Waals surface area contributed by atoms with Crippen molar-refractivity contribution in [3.05, 3.63) is 23.0 Å². The maximum atomic E-state index is 15.1. The van der Waals surface area contributed by atoms with E-state index in [1.54, 1.807) is 4.72 Å². The number of phenolic OH excluding ortho intramolecular Hbond substituents is 1. The number of aromatic hydroxyl groups is 1. The fraction of sp³-hybridized carbons (Fsp3) is 0.467. The number of phenols is 1. The second-order valence-electron chi connectivity index (χ2n) is 6.13. The molecule has 3 rings (SSSR count). The average molecular weight is 402 g/mol. The van der Waals surface area contributed by atoms with Gasteiger partial charge >= 0.3 is 16.2 Å². The summed E-state index contributed by atoms with van der Waals surface area (Å²) in [7, 11) is -2.78. The monoisotopic (exact) mass is 402 g/mol. The number of hydrogen-bond acceptors (Lipinski definition) is 6. The van der Waals surface area contributed by atoms with E-state index in [2.05, 4.69) is 5.32 Å². The molecule has 0 aromatic heterocycles. The van der Waals surface area contributed by atoms with Crippen molar-refractivity contribution in [2.24, 2.45) is 0 Å². The number of nitrogens with one attached hydrogen (secondary N) is 2. The van der Waals surface area contributed by atoms with Crippen molar-refractivity contribution < 1.29 is 32.2 Å². The second-order valence-corrected chi connectivity index (χ2v) is 7.72. The van der Waals surface area contributed by atoms with Gasteiger partial charge in [0.25, 0.3) is 5.91 Å². The van der Waals surface area contributed by atoms with E-state index in [-0.39, 0.29) is 12.1 Å². The molecule has 1 fully saturated rings. The molecule has 2 aliphatic heterocycles. The minimum Gasteiger partial charge on any atom is -0.506 e. The molecule has 10 nitrogen and oxygen atoms in total. The Labute approximate surface area is 155 Å². The summed E-state index contributed by atoms with van der Waals surface area (Å²) < 4.78 is 46.1. The molecule has 0 unspecified atom stereocenters.